The molecule has 154 valence electrons. The zero-order chi connectivity index (χ0) is 21.8. The summed E-state index contributed by atoms with van der Waals surface area (Å²) in [6.45, 7) is -0.238. The number of carbonyl (C=O) groups excluding carboxylic acids is 2. The third kappa shape index (κ3) is 4.48. The number of hydrazine groups is 1. The molecule has 7 nitrogen and oxygen atoms in total. The Morgan fingerprint density at radius 3 is 2.45 bits per heavy atom. The molecule has 0 aliphatic heterocycles. The van der Waals surface area contributed by atoms with E-state index in [-0.39, 0.29) is 17.9 Å². The van der Waals surface area contributed by atoms with Crippen LogP contribution < -0.4 is 16.4 Å². The number of nitrogens with zero attached hydrogens (tertiary/aromatic N) is 2. The highest BCUT2D eigenvalue weighted by molar-refractivity contribution is 6.07. The van der Waals surface area contributed by atoms with Crippen LogP contribution in [0.1, 0.15) is 10.4 Å². The van der Waals surface area contributed by atoms with Crippen molar-refractivity contribution in [2.75, 3.05) is 0 Å². The molecule has 2 aromatic heterocycles. The highest BCUT2D eigenvalue weighted by atomic mass is 19.1. The third-order valence-corrected chi connectivity index (χ3v) is 4.63. The van der Waals surface area contributed by atoms with E-state index in [9.17, 15) is 18.8 Å². The maximum absolute atomic E-state index is 13.3. The van der Waals surface area contributed by atoms with Crippen molar-refractivity contribution in [3.05, 3.63) is 101 Å². The molecule has 4 rings (SSSR count). The van der Waals surface area contributed by atoms with E-state index in [0.29, 0.717) is 27.7 Å². The van der Waals surface area contributed by atoms with Crippen molar-refractivity contribution in [3.63, 3.8) is 0 Å². The normalized spacial score (nSPS) is 10.6. The second kappa shape index (κ2) is 8.58. The Bertz CT molecular complexity index is 1330. The molecule has 0 radical (unpaired) electrons. The van der Waals surface area contributed by atoms with Gasteiger partial charge in [-0.2, -0.15) is 0 Å². The van der Waals surface area contributed by atoms with Crippen LogP contribution in [0.25, 0.3) is 22.2 Å². The minimum atomic E-state index is -0.557. The first kappa shape index (κ1) is 20.0. The summed E-state index contributed by atoms with van der Waals surface area (Å²) in [5.74, 6) is -1.47. The molecule has 0 saturated carbocycles. The first-order chi connectivity index (χ1) is 15.0. The molecular formula is C23H17FN4O3. The smallest absolute Gasteiger partial charge is 0.270 e. The minimum absolute atomic E-state index is 0.238. The summed E-state index contributed by atoms with van der Waals surface area (Å²) in [5, 5.41) is 0.597. The molecule has 0 fully saturated rings. The summed E-state index contributed by atoms with van der Waals surface area (Å²) in [7, 11) is 0. The van der Waals surface area contributed by atoms with Gasteiger partial charge in [0.2, 0.25) is 0 Å². The molecule has 0 aliphatic rings. The number of pyridine rings is 2. The van der Waals surface area contributed by atoms with E-state index in [1.807, 2.05) is 0 Å². The summed E-state index contributed by atoms with van der Waals surface area (Å²) in [5.41, 5.74) is 6.38. The predicted molar refractivity (Wildman–Crippen MR) is 113 cm³/mol. The SMILES string of the molecule is O=C(Cn1ccccc1=O)NNC(=O)c1cc(-c2ccc(F)cc2)nc2ccccc12. The largest absolute Gasteiger partial charge is 0.306 e. The Labute approximate surface area is 176 Å². The Kier molecular flexibility index (Phi) is 5.53. The summed E-state index contributed by atoms with van der Waals surface area (Å²) >= 11 is 0. The summed E-state index contributed by atoms with van der Waals surface area (Å²) < 4.78 is 14.5. The molecule has 0 saturated heterocycles. The van der Waals surface area contributed by atoms with Gasteiger partial charge in [0.15, 0.2) is 0 Å². The average molecular weight is 416 g/mol. The number of para-hydroxylation sites is 1. The zero-order valence-electron chi connectivity index (χ0n) is 16.2. The predicted octanol–water partition coefficient (Wildman–Crippen LogP) is 2.66. The Morgan fingerprint density at radius 2 is 1.68 bits per heavy atom. The van der Waals surface area contributed by atoms with E-state index < -0.39 is 11.8 Å². The molecular weight excluding hydrogens is 399 g/mol. The lowest BCUT2D eigenvalue weighted by Gasteiger charge is -2.12. The van der Waals surface area contributed by atoms with Gasteiger partial charge in [0.05, 0.1) is 16.8 Å². The van der Waals surface area contributed by atoms with Gasteiger partial charge in [0.25, 0.3) is 17.4 Å². The fourth-order valence-electron chi connectivity index (χ4n) is 3.11. The first-order valence-corrected chi connectivity index (χ1v) is 9.41. The number of fused-ring (bicyclic) bond motifs is 1. The van der Waals surface area contributed by atoms with Crippen LogP contribution in [0.2, 0.25) is 0 Å². The number of nitrogens with one attached hydrogen (secondary N) is 2. The second-order valence-corrected chi connectivity index (χ2v) is 6.75. The number of benzene rings is 2. The van der Waals surface area contributed by atoms with Crippen LogP contribution >= 0.6 is 0 Å². The maximum Gasteiger partial charge on any atom is 0.270 e. The van der Waals surface area contributed by atoms with E-state index in [0.717, 1.165) is 0 Å². The summed E-state index contributed by atoms with van der Waals surface area (Å²) in [4.78, 5) is 41.3. The highest BCUT2D eigenvalue weighted by Crippen LogP contribution is 2.25. The van der Waals surface area contributed by atoms with Gasteiger partial charge in [0, 0.05) is 23.2 Å². The highest BCUT2D eigenvalue weighted by Gasteiger charge is 2.15. The number of halogens is 1. The van der Waals surface area contributed by atoms with Crippen LogP contribution in [0.15, 0.2) is 83.8 Å². The number of aromatic nitrogens is 2. The van der Waals surface area contributed by atoms with E-state index >= 15 is 0 Å². The lowest BCUT2D eigenvalue weighted by Crippen LogP contribution is -2.44. The Hall–Kier alpha value is -4.33. The van der Waals surface area contributed by atoms with E-state index in [1.54, 1.807) is 54.6 Å². The fraction of sp³-hybridized carbons (Fsp3) is 0.0435. The molecule has 8 heteroatoms. The van der Waals surface area contributed by atoms with Gasteiger partial charge < -0.3 is 4.57 Å². The molecule has 2 heterocycles. The van der Waals surface area contributed by atoms with Gasteiger partial charge in [-0.25, -0.2) is 9.37 Å². The standard InChI is InChI=1S/C23H17FN4O3/c24-16-10-8-15(9-11-16)20-13-18(17-5-1-2-6-19(17)25-20)23(31)27-26-21(29)14-28-12-4-3-7-22(28)30/h1-13H,14H2,(H,26,29)(H,27,31). The van der Waals surface area contributed by atoms with Crippen LogP contribution in [-0.4, -0.2) is 21.4 Å². The van der Waals surface area contributed by atoms with Crippen LogP contribution in [0.3, 0.4) is 0 Å². The molecule has 2 aromatic carbocycles. The molecule has 2 amide bonds. The number of carbonyl (C=O) groups is 2. The van der Waals surface area contributed by atoms with Crippen molar-refractivity contribution in [3.8, 4) is 11.3 Å². The molecule has 0 aliphatic carbocycles. The third-order valence-electron chi connectivity index (χ3n) is 4.63. The summed E-state index contributed by atoms with van der Waals surface area (Å²) in [6, 6.07) is 19.0. The van der Waals surface area contributed by atoms with E-state index in [4.69, 9.17) is 0 Å². The number of amides is 2. The maximum atomic E-state index is 13.3. The van der Waals surface area contributed by atoms with Crippen molar-refractivity contribution >= 4 is 22.7 Å². The van der Waals surface area contributed by atoms with Crippen molar-refractivity contribution in [2.45, 2.75) is 6.54 Å². The molecule has 0 unspecified atom stereocenters. The van der Waals surface area contributed by atoms with Crippen molar-refractivity contribution < 1.29 is 14.0 Å². The topological polar surface area (TPSA) is 93.1 Å². The van der Waals surface area contributed by atoms with Crippen LogP contribution in [0.5, 0.6) is 0 Å². The Balaban J connectivity index is 1.58. The van der Waals surface area contributed by atoms with Gasteiger partial charge in [-0.15, -0.1) is 0 Å². The fourth-order valence-corrected chi connectivity index (χ4v) is 3.11. The lowest BCUT2D eigenvalue weighted by atomic mass is 10.0. The molecule has 31 heavy (non-hydrogen) atoms. The van der Waals surface area contributed by atoms with Crippen molar-refractivity contribution in [2.24, 2.45) is 0 Å². The van der Waals surface area contributed by atoms with E-state index in [2.05, 4.69) is 15.8 Å². The molecule has 0 spiro atoms. The monoisotopic (exact) mass is 416 g/mol. The summed E-state index contributed by atoms with van der Waals surface area (Å²) in [6.07, 6.45) is 1.48. The number of hydrogen-bond acceptors (Lipinski definition) is 4. The van der Waals surface area contributed by atoms with Gasteiger partial charge in [-0.3, -0.25) is 25.2 Å². The number of hydrogen-bond donors (Lipinski definition) is 2. The first-order valence-electron chi connectivity index (χ1n) is 9.41. The van der Waals surface area contributed by atoms with Gasteiger partial charge in [-0.05, 0) is 42.5 Å². The van der Waals surface area contributed by atoms with Crippen molar-refractivity contribution in [1.29, 1.82) is 0 Å². The minimum Gasteiger partial charge on any atom is -0.306 e. The zero-order valence-corrected chi connectivity index (χ0v) is 16.2. The average Bonchev–Trinajstić information content (AvgIpc) is 2.79. The van der Waals surface area contributed by atoms with Gasteiger partial charge in [0.1, 0.15) is 12.4 Å². The van der Waals surface area contributed by atoms with E-state index in [1.165, 1.54) is 29.0 Å². The van der Waals surface area contributed by atoms with Crippen LogP contribution in [0.4, 0.5) is 4.39 Å². The molecule has 0 atom stereocenters. The van der Waals surface area contributed by atoms with Gasteiger partial charge >= 0.3 is 0 Å². The number of rotatable bonds is 4. The van der Waals surface area contributed by atoms with Crippen molar-refractivity contribution in [1.82, 2.24) is 20.4 Å². The molecule has 0 bridgehead atoms. The quantitative estimate of drug-likeness (QED) is 0.500. The molecule has 4 aromatic rings. The van der Waals surface area contributed by atoms with Crippen LogP contribution in [-0.2, 0) is 11.3 Å². The Morgan fingerprint density at radius 1 is 0.935 bits per heavy atom. The van der Waals surface area contributed by atoms with Gasteiger partial charge in [-0.1, -0.05) is 24.3 Å². The lowest BCUT2D eigenvalue weighted by molar-refractivity contribution is -0.122. The molecule has 2 N–H and O–H groups in total. The van der Waals surface area contributed by atoms with Crippen LogP contribution in [0, 0.1) is 5.82 Å². The second-order valence-electron chi connectivity index (χ2n) is 6.75.